The van der Waals surface area contributed by atoms with Crippen molar-refractivity contribution in [2.24, 2.45) is 0 Å². The van der Waals surface area contributed by atoms with Crippen LogP contribution in [0.4, 0.5) is 0 Å². The number of aromatic nitrogens is 2. The summed E-state index contributed by atoms with van der Waals surface area (Å²) in [5.74, 6) is 1.32. The zero-order valence-corrected chi connectivity index (χ0v) is 21.1. The molecule has 0 fully saturated rings. The maximum Gasteiger partial charge on any atom is 0.255 e. The molecule has 0 bridgehead atoms. The van der Waals surface area contributed by atoms with E-state index in [1.807, 2.05) is 104 Å². The van der Waals surface area contributed by atoms with Gasteiger partial charge >= 0.3 is 0 Å². The first-order valence-electron chi connectivity index (χ1n) is 11.8. The SMILES string of the molecule is COc1cccc(-c2nn(Cc3ccccc3)cc2C(=O)NCC(c2cccc(OC)c2)N(C)C)c1. The summed E-state index contributed by atoms with van der Waals surface area (Å²) >= 11 is 0. The number of likely N-dealkylation sites (N-methyl/N-ethyl adjacent to an activating group) is 1. The van der Waals surface area contributed by atoms with Gasteiger partial charge in [0.15, 0.2) is 0 Å². The molecule has 1 atom stereocenters. The van der Waals surface area contributed by atoms with Gasteiger partial charge in [0.05, 0.1) is 32.4 Å². The minimum absolute atomic E-state index is 0.0244. The molecular weight excluding hydrogens is 452 g/mol. The van der Waals surface area contributed by atoms with Gasteiger partial charge in [-0.05, 0) is 49.5 Å². The number of nitrogens with zero attached hydrogens (tertiary/aromatic N) is 3. The highest BCUT2D eigenvalue weighted by Crippen LogP contribution is 2.27. The standard InChI is InChI=1S/C29H32N4O3/c1-32(2)27(22-12-8-14-24(16-22)35-3)18-30-29(34)26-20-33(19-21-10-6-5-7-11-21)31-28(26)23-13-9-15-25(17-23)36-4/h5-17,20,27H,18-19H2,1-4H3,(H,30,34). The third-order valence-corrected chi connectivity index (χ3v) is 6.09. The van der Waals surface area contributed by atoms with Crippen molar-refractivity contribution in [3.8, 4) is 22.8 Å². The van der Waals surface area contributed by atoms with Crippen LogP contribution >= 0.6 is 0 Å². The lowest BCUT2D eigenvalue weighted by Gasteiger charge is -2.25. The van der Waals surface area contributed by atoms with Gasteiger partial charge in [-0.25, -0.2) is 0 Å². The van der Waals surface area contributed by atoms with Crippen LogP contribution in [0.15, 0.2) is 85.1 Å². The highest BCUT2D eigenvalue weighted by Gasteiger charge is 2.21. The Bertz CT molecular complexity index is 1300. The molecule has 0 saturated carbocycles. The topological polar surface area (TPSA) is 68.6 Å². The van der Waals surface area contributed by atoms with Gasteiger partial charge in [0.1, 0.15) is 17.2 Å². The third kappa shape index (κ3) is 5.93. The Balaban J connectivity index is 1.62. The van der Waals surface area contributed by atoms with Gasteiger partial charge in [0, 0.05) is 18.3 Å². The van der Waals surface area contributed by atoms with E-state index < -0.39 is 0 Å². The summed E-state index contributed by atoms with van der Waals surface area (Å²) in [6.45, 7) is 0.996. The van der Waals surface area contributed by atoms with Crippen molar-refractivity contribution in [1.29, 1.82) is 0 Å². The number of carbonyl (C=O) groups is 1. The minimum atomic E-state index is -0.179. The minimum Gasteiger partial charge on any atom is -0.497 e. The van der Waals surface area contributed by atoms with E-state index in [0.717, 1.165) is 22.4 Å². The molecule has 1 aromatic heterocycles. The number of carbonyl (C=O) groups excluding carboxylic acids is 1. The van der Waals surface area contributed by atoms with Gasteiger partial charge < -0.3 is 19.7 Å². The van der Waals surface area contributed by atoms with Crippen molar-refractivity contribution < 1.29 is 14.3 Å². The molecule has 186 valence electrons. The first-order chi connectivity index (χ1) is 17.5. The molecule has 36 heavy (non-hydrogen) atoms. The van der Waals surface area contributed by atoms with E-state index in [2.05, 4.69) is 10.2 Å². The number of rotatable bonds is 10. The number of benzene rings is 3. The molecule has 3 aromatic carbocycles. The molecule has 7 heteroatoms. The maximum absolute atomic E-state index is 13.5. The summed E-state index contributed by atoms with van der Waals surface area (Å²) in [7, 11) is 7.27. The second-order valence-corrected chi connectivity index (χ2v) is 8.77. The van der Waals surface area contributed by atoms with E-state index in [0.29, 0.717) is 30.1 Å². The monoisotopic (exact) mass is 484 g/mol. The zero-order valence-electron chi connectivity index (χ0n) is 21.1. The second kappa shape index (κ2) is 11.6. The zero-order chi connectivity index (χ0) is 25.5. The smallest absolute Gasteiger partial charge is 0.255 e. The van der Waals surface area contributed by atoms with Crippen molar-refractivity contribution in [2.75, 3.05) is 34.9 Å². The molecule has 0 spiro atoms. The molecular formula is C29H32N4O3. The molecule has 1 unspecified atom stereocenters. The van der Waals surface area contributed by atoms with Gasteiger partial charge in [0.25, 0.3) is 5.91 Å². The largest absolute Gasteiger partial charge is 0.497 e. The summed E-state index contributed by atoms with van der Waals surface area (Å²) in [5.41, 5.74) is 4.12. The van der Waals surface area contributed by atoms with Gasteiger partial charge in [-0.2, -0.15) is 5.10 Å². The predicted octanol–water partition coefficient (Wildman–Crippen LogP) is 4.65. The first-order valence-corrected chi connectivity index (χ1v) is 11.8. The molecule has 0 aliphatic rings. The Hall–Kier alpha value is -4.10. The van der Waals surface area contributed by atoms with Crippen LogP contribution < -0.4 is 14.8 Å². The second-order valence-electron chi connectivity index (χ2n) is 8.77. The lowest BCUT2D eigenvalue weighted by molar-refractivity contribution is 0.0942. The van der Waals surface area contributed by atoms with Crippen LogP contribution in [0.2, 0.25) is 0 Å². The first kappa shape index (κ1) is 25.0. The lowest BCUT2D eigenvalue weighted by Crippen LogP contribution is -2.34. The molecule has 0 aliphatic heterocycles. The summed E-state index contributed by atoms with van der Waals surface area (Å²) in [5, 5.41) is 7.91. The molecule has 0 radical (unpaired) electrons. The molecule has 4 aromatic rings. The van der Waals surface area contributed by atoms with Crippen LogP contribution in [0.1, 0.15) is 27.5 Å². The summed E-state index contributed by atoms with van der Waals surface area (Å²) in [4.78, 5) is 15.6. The van der Waals surface area contributed by atoms with Crippen molar-refractivity contribution in [1.82, 2.24) is 20.0 Å². The van der Waals surface area contributed by atoms with E-state index in [1.54, 1.807) is 14.2 Å². The highest BCUT2D eigenvalue weighted by atomic mass is 16.5. The summed E-state index contributed by atoms with van der Waals surface area (Å²) in [6, 6.07) is 25.6. The van der Waals surface area contributed by atoms with Gasteiger partial charge in [-0.3, -0.25) is 9.48 Å². The van der Waals surface area contributed by atoms with Crippen LogP contribution in [-0.2, 0) is 6.54 Å². The lowest BCUT2D eigenvalue weighted by atomic mass is 10.0. The van der Waals surface area contributed by atoms with E-state index in [9.17, 15) is 4.79 Å². The average Bonchev–Trinajstić information content (AvgIpc) is 3.33. The van der Waals surface area contributed by atoms with E-state index in [-0.39, 0.29) is 11.9 Å². The molecule has 0 saturated heterocycles. The van der Waals surface area contributed by atoms with Crippen LogP contribution in [0, 0.1) is 0 Å². The van der Waals surface area contributed by atoms with Crippen LogP contribution in [0.25, 0.3) is 11.3 Å². The number of hydrogen-bond acceptors (Lipinski definition) is 5. The Morgan fingerprint density at radius 1 is 0.944 bits per heavy atom. The predicted molar refractivity (Wildman–Crippen MR) is 142 cm³/mol. The quantitative estimate of drug-likeness (QED) is 0.355. The van der Waals surface area contributed by atoms with Gasteiger partial charge in [0.2, 0.25) is 0 Å². The maximum atomic E-state index is 13.5. The molecule has 1 N–H and O–H groups in total. The Kier molecular flexibility index (Phi) is 8.02. The van der Waals surface area contributed by atoms with Crippen molar-refractivity contribution in [3.63, 3.8) is 0 Å². The van der Waals surface area contributed by atoms with E-state index >= 15 is 0 Å². The van der Waals surface area contributed by atoms with E-state index in [1.165, 1.54) is 0 Å². The van der Waals surface area contributed by atoms with E-state index in [4.69, 9.17) is 14.6 Å². The molecule has 1 amide bonds. The number of nitrogens with one attached hydrogen (secondary N) is 1. The van der Waals surface area contributed by atoms with Gasteiger partial charge in [-0.1, -0.05) is 54.6 Å². The summed E-state index contributed by atoms with van der Waals surface area (Å²) in [6.07, 6.45) is 1.81. The van der Waals surface area contributed by atoms with Crippen molar-refractivity contribution in [3.05, 3.63) is 102 Å². The van der Waals surface area contributed by atoms with Crippen molar-refractivity contribution in [2.45, 2.75) is 12.6 Å². The summed E-state index contributed by atoms with van der Waals surface area (Å²) < 4.78 is 12.6. The fourth-order valence-electron chi connectivity index (χ4n) is 4.15. The number of hydrogen-bond donors (Lipinski definition) is 1. The molecule has 0 aliphatic carbocycles. The Labute approximate surface area is 212 Å². The molecule has 7 nitrogen and oxygen atoms in total. The van der Waals surface area contributed by atoms with Gasteiger partial charge in [-0.15, -0.1) is 0 Å². The fourth-order valence-corrected chi connectivity index (χ4v) is 4.15. The Morgan fingerprint density at radius 2 is 1.64 bits per heavy atom. The number of amides is 1. The highest BCUT2D eigenvalue weighted by molar-refractivity contribution is 5.99. The average molecular weight is 485 g/mol. The van der Waals surface area contributed by atoms with Crippen LogP contribution in [0.3, 0.4) is 0 Å². The van der Waals surface area contributed by atoms with Crippen LogP contribution in [0.5, 0.6) is 11.5 Å². The molecule has 4 rings (SSSR count). The fraction of sp³-hybridized carbons (Fsp3) is 0.241. The number of ether oxygens (including phenoxy) is 2. The number of methoxy groups -OCH3 is 2. The van der Waals surface area contributed by atoms with Crippen molar-refractivity contribution >= 4 is 5.91 Å². The Morgan fingerprint density at radius 3 is 2.33 bits per heavy atom. The normalized spacial score (nSPS) is 11.8. The van der Waals surface area contributed by atoms with Crippen LogP contribution in [-0.4, -0.2) is 55.4 Å². The third-order valence-electron chi connectivity index (χ3n) is 6.09. The molecule has 1 heterocycles.